The lowest BCUT2D eigenvalue weighted by Crippen LogP contribution is -2.37. The Hall–Kier alpha value is -2.36. The average Bonchev–Trinajstić information content (AvgIpc) is 2.58. The van der Waals surface area contributed by atoms with Crippen LogP contribution in [0.3, 0.4) is 0 Å². The van der Waals surface area contributed by atoms with Crippen LogP contribution in [0.2, 0.25) is 0 Å². The number of hydrogen-bond acceptors (Lipinski definition) is 3. The fourth-order valence-electron chi connectivity index (χ4n) is 2.91. The molecule has 0 atom stereocenters. The first kappa shape index (κ1) is 15.5. The maximum absolute atomic E-state index is 12.6. The van der Waals surface area contributed by atoms with Crippen LogP contribution in [-0.2, 0) is 0 Å². The zero-order chi connectivity index (χ0) is 16.1. The minimum atomic E-state index is -0.108. The van der Waals surface area contributed by atoms with E-state index in [-0.39, 0.29) is 11.9 Å². The smallest absolute Gasteiger partial charge is 0.257 e. The van der Waals surface area contributed by atoms with Gasteiger partial charge in [-0.15, -0.1) is 0 Å². The third kappa shape index (κ3) is 4.09. The topological polar surface area (TPSA) is 51.2 Å². The number of aromatic nitrogens is 1. The summed E-state index contributed by atoms with van der Waals surface area (Å²) >= 11 is 0. The number of rotatable bonds is 4. The van der Waals surface area contributed by atoms with Crippen molar-refractivity contribution in [2.45, 2.75) is 38.6 Å². The van der Waals surface area contributed by atoms with Crippen molar-refractivity contribution in [3.05, 3.63) is 54.2 Å². The minimum Gasteiger partial charge on any atom is -0.438 e. The highest BCUT2D eigenvalue weighted by Crippen LogP contribution is 2.25. The summed E-state index contributed by atoms with van der Waals surface area (Å²) in [4.78, 5) is 16.8. The minimum absolute atomic E-state index is 0.108. The van der Waals surface area contributed by atoms with Crippen molar-refractivity contribution in [2.24, 2.45) is 5.92 Å². The summed E-state index contributed by atoms with van der Waals surface area (Å²) in [5.74, 6) is 1.68. The van der Waals surface area contributed by atoms with E-state index >= 15 is 0 Å². The second-order valence-corrected chi connectivity index (χ2v) is 6.20. The van der Waals surface area contributed by atoms with E-state index in [1.807, 2.05) is 30.3 Å². The number of benzene rings is 1. The molecule has 1 aliphatic carbocycles. The number of nitrogens with one attached hydrogen (secondary N) is 1. The van der Waals surface area contributed by atoms with Gasteiger partial charge >= 0.3 is 0 Å². The Kier molecular flexibility index (Phi) is 4.91. The third-order valence-corrected chi connectivity index (χ3v) is 4.32. The van der Waals surface area contributed by atoms with Crippen LogP contribution in [0.15, 0.2) is 48.7 Å². The number of pyridine rings is 1. The van der Waals surface area contributed by atoms with Gasteiger partial charge in [0.15, 0.2) is 0 Å². The van der Waals surface area contributed by atoms with Gasteiger partial charge in [-0.05, 0) is 55.9 Å². The quantitative estimate of drug-likeness (QED) is 0.921. The second kappa shape index (κ2) is 7.27. The van der Waals surface area contributed by atoms with Gasteiger partial charge in [-0.2, -0.15) is 0 Å². The number of para-hydroxylation sites is 1. The molecule has 1 N–H and O–H groups in total. The second-order valence-electron chi connectivity index (χ2n) is 6.20. The van der Waals surface area contributed by atoms with E-state index in [0.29, 0.717) is 17.2 Å². The number of carbonyl (C=O) groups excluding carboxylic acids is 1. The molecule has 4 nitrogen and oxygen atoms in total. The van der Waals surface area contributed by atoms with Gasteiger partial charge in [-0.25, -0.2) is 4.98 Å². The lowest BCUT2D eigenvalue weighted by molar-refractivity contribution is 0.0920. The van der Waals surface area contributed by atoms with Gasteiger partial charge in [0.2, 0.25) is 5.88 Å². The number of carbonyl (C=O) groups is 1. The van der Waals surface area contributed by atoms with E-state index in [1.165, 1.54) is 12.8 Å². The van der Waals surface area contributed by atoms with Gasteiger partial charge in [0.25, 0.3) is 5.91 Å². The number of hydrogen-bond donors (Lipinski definition) is 1. The predicted octanol–water partition coefficient (Wildman–Crippen LogP) is 4.18. The highest BCUT2D eigenvalue weighted by atomic mass is 16.5. The van der Waals surface area contributed by atoms with E-state index in [9.17, 15) is 4.79 Å². The first-order valence-corrected chi connectivity index (χ1v) is 8.21. The van der Waals surface area contributed by atoms with Crippen molar-refractivity contribution in [3.63, 3.8) is 0 Å². The van der Waals surface area contributed by atoms with E-state index in [4.69, 9.17) is 4.74 Å². The summed E-state index contributed by atoms with van der Waals surface area (Å²) in [6.45, 7) is 2.27. The molecule has 0 spiro atoms. The van der Waals surface area contributed by atoms with Gasteiger partial charge in [0, 0.05) is 12.2 Å². The van der Waals surface area contributed by atoms with Crippen molar-refractivity contribution >= 4 is 5.91 Å². The highest BCUT2D eigenvalue weighted by Gasteiger charge is 2.22. The van der Waals surface area contributed by atoms with Crippen molar-refractivity contribution in [2.75, 3.05) is 0 Å². The van der Waals surface area contributed by atoms with Gasteiger partial charge in [0.05, 0.1) is 0 Å². The van der Waals surface area contributed by atoms with Gasteiger partial charge < -0.3 is 10.1 Å². The Morgan fingerprint density at radius 2 is 1.83 bits per heavy atom. The molecule has 2 aromatic rings. The number of ether oxygens (including phenoxy) is 1. The molecule has 1 aliphatic rings. The normalized spacial score (nSPS) is 20.7. The monoisotopic (exact) mass is 310 g/mol. The molecule has 1 heterocycles. The van der Waals surface area contributed by atoms with Crippen LogP contribution >= 0.6 is 0 Å². The molecule has 1 aromatic carbocycles. The molecule has 120 valence electrons. The fourth-order valence-corrected chi connectivity index (χ4v) is 2.91. The molecule has 0 aliphatic heterocycles. The van der Waals surface area contributed by atoms with Crippen LogP contribution in [0.25, 0.3) is 0 Å². The van der Waals surface area contributed by atoms with Gasteiger partial charge in [-0.1, -0.05) is 25.1 Å². The fraction of sp³-hybridized carbons (Fsp3) is 0.368. The number of amides is 1. The Morgan fingerprint density at radius 3 is 2.57 bits per heavy atom. The highest BCUT2D eigenvalue weighted by molar-refractivity contribution is 5.96. The molecular weight excluding hydrogens is 288 g/mol. The summed E-state index contributed by atoms with van der Waals surface area (Å²) < 4.78 is 5.76. The van der Waals surface area contributed by atoms with Crippen molar-refractivity contribution in [1.29, 1.82) is 0 Å². The van der Waals surface area contributed by atoms with Gasteiger partial charge in [-0.3, -0.25) is 4.79 Å². The van der Waals surface area contributed by atoms with Crippen LogP contribution in [-0.4, -0.2) is 16.9 Å². The first-order valence-electron chi connectivity index (χ1n) is 8.21. The van der Waals surface area contributed by atoms with E-state index in [1.54, 1.807) is 18.3 Å². The summed E-state index contributed by atoms with van der Waals surface area (Å²) in [6, 6.07) is 13.2. The standard InChI is InChI=1S/C19H22N2O2/c1-14-9-11-15(12-10-14)21-18(22)17-8-5-13-20-19(17)23-16-6-3-2-4-7-16/h2-8,13-15H,9-12H2,1H3,(H,21,22)/t14-,15-. The van der Waals surface area contributed by atoms with Gasteiger partial charge in [0.1, 0.15) is 11.3 Å². The Balaban J connectivity index is 1.70. The van der Waals surface area contributed by atoms with Crippen LogP contribution in [0, 0.1) is 5.92 Å². The molecule has 3 rings (SSSR count). The molecule has 0 saturated heterocycles. The maximum atomic E-state index is 12.6. The van der Waals surface area contributed by atoms with Crippen LogP contribution < -0.4 is 10.1 Å². The van der Waals surface area contributed by atoms with E-state index < -0.39 is 0 Å². The van der Waals surface area contributed by atoms with Crippen molar-refractivity contribution in [3.8, 4) is 11.6 Å². The molecule has 1 amide bonds. The van der Waals surface area contributed by atoms with Crippen LogP contribution in [0.5, 0.6) is 11.6 Å². The molecule has 1 aromatic heterocycles. The van der Waals surface area contributed by atoms with E-state index in [2.05, 4.69) is 17.2 Å². The lowest BCUT2D eigenvalue weighted by atomic mass is 9.87. The zero-order valence-corrected chi connectivity index (χ0v) is 13.4. The van der Waals surface area contributed by atoms with Crippen LogP contribution in [0.4, 0.5) is 0 Å². The van der Waals surface area contributed by atoms with Crippen molar-refractivity contribution < 1.29 is 9.53 Å². The molecular formula is C19H22N2O2. The zero-order valence-electron chi connectivity index (χ0n) is 13.4. The van der Waals surface area contributed by atoms with Crippen molar-refractivity contribution in [1.82, 2.24) is 10.3 Å². The Labute approximate surface area is 136 Å². The summed E-state index contributed by atoms with van der Waals surface area (Å²) in [6.07, 6.45) is 6.07. The molecule has 0 bridgehead atoms. The molecule has 4 heteroatoms. The molecule has 1 fully saturated rings. The van der Waals surface area contributed by atoms with E-state index in [0.717, 1.165) is 18.8 Å². The Bertz CT molecular complexity index is 649. The third-order valence-electron chi connectivity index (χ3n) is 4.32. The largest absolute Gasteiger partial charge is 0.438 e. The lowest BCUT2D eigenvalue weighted by Gasteiger charge is -2.27. The molecule has 0 unspecified atom stereocenters. The molecule has 23 heavy (non-hydrogen) atoms. The number of nitrogens with zero attached hydrogens (tertiary/aromatic N) is 1. The molecule has 1 saturated carbocycles. The maximum Gasteiger partial charge on any atom is 0.257 e. The first-order chi connectivity index (χ1) is 11.2. The Morgan fingerprint density at radius 1 is 1.09 bits per heavy atom. The predicted molar refractivity (Wildman–Crippen MR) is 89.6 cm³/mol. The summed E-state index contributed by atoms with van der Waals surface area (Å²) in [5, 5.41) is 3.12. The SMILES string of the molecule is C[C@H]1CC[C@H](NC(=O)c2cccnc2Oc2ccccc2)CC1. The average molecular weight is 310 g/mol. The molecule has 0 radical (unpaired) electrons. The summed E-state index contributed by atoms with van der Waals surface area (Å²) in [7, 11) is 0. The summed E-state index contributed by atoms with van der Waals surface area (Å²) in [5.41, 5.74) is 0.481. The van der Waals surface area contributed by atoms with Crippen LogP contribution in [0.1, 0.15) is 43.0 Å².